The monoisotopic (exact) mass is 266 g/mol. The molecule has 19 heavy (non-hydrogen) atoms. The van der Waals surface area contributed by atoms with Crippen LogP contribution in [0.3, 0.4) is 0 Å². The maximum absolute atomic E-state index is 12.3. The minimum atomic E-state index is -0.955. The third kappa shape index (κ3) is 3.44. The van der Waals surface area contributed by atoms with Gasteiger partial charge in [-0.25, -0.2) is 0 Å². The molecule has 0 fully saturated rings. The van der Waals surface area contributed by atoms with Crippen molar-refractivity contribution >= 4 is 11.7 Å². The number of likely N-dealkylation sites (N-methyl/N-ethyl adjacent to an activating group) is 1. The lowest BCUT2D eigenvalue weighted by molar-refractivity contribution is 0.0364. The fraction of sp³-hybridized carbons (Fsp3) is 0.571. The molecule has 2 N–H and O–H groups in total. The molecule has 0 aromatic carbocycles. The molecular formula is C14H22N2O3. The number of amides is 1. The zero-order valence-electron chi connectivity index (χ0n) is 12.4. The van der Waals surface area contributed by atoms with E-state index < -0.39 is 5.60 Å². The van der Waals surface area contributed by atoms with Gasteiger partial charge in [0.05, 0.1) is 5.60 Å². The fourth-order valence-electron chi connectivity index (χ4n) is 2.34. The van der Waals surface area contributed by atoms with E-state index in [-0.39, 0.29) is 18.2 Å². The first-order valence-electron chi connectivity index (χ1n) is 6.22. The molecule has 1 heterocycles. The van der Waals surface area contributed by atoms with Crippen LogP contribution in [-0.4, -0.2) is 45.9 Å². The second-order valence-electron chi connectivity index (χ2n) is 5.65. The van der Waals surface area contributed by atoms with Crippen molar-refractivity contribution in [3.05, 3.63) is 22.5 Å². The number of aromatic amines is 1. The van der Waals surface area contributed by atoms with E-state index in [0.717, 1.165) is 0 Å². The maximum atomic E-state index is 12.3. The number of aliphatic hydroxyl groups is 1. The van der Waals surface area contributed by atoms with Crippen molar-refractivity contribution in [1.29, 1.82) is 0 Å². The number of rotatable bonds is 4. The smallest absolute Gasteiger partial charge is 0.270 e. The lowest BCUT2D eigenvalue weighted by Crippen LogP contribution is -2.40. The molecule has 0 saturated carbocycles. The van der Waals surface area contributed by atoms with E-state index in [1.165, 1.54) is 11.8 Å². The minimum absolute atomic E-state index is 0.0598. The SMILES string of the molecule is CC(=O)c1c(C)[nH]c(C(=O)N(C)CC(C)(C)O)c1C. The average molecular weight is 266 g/mol. The molecule has 1 rings (SSSR count). The zero-order chi connectivity index (χ0) is 15.0. The summed E-state index contributed by atoms with van der Waals surface area (Å²) in [4.78, 5) is 28.3. The van der Waals surface area contributed by atoms with Gasteiger partial charge in [-0.2, -0.15) is 0 Å². The van der Waals surface area contributed by atoms with Crippen molar-refractivity contribution in [1.82, 2.24) is 9.88 Å². The molecule has 0 aliphatic carbocycles. The van der Waals surface area contributed by atoms with Crippen LogP contribution in [0.1, 0.15) is 52.9 Å². The van der Waals surface area contributed by atoms with E-state index >= 15 is 0 Å². The van der Waals surface area contributed by atoms with Gasteiger partial charge in [-0.05, 0) is 40.2 Å². The summed E-state index contributed by atoms with van der Waals surface area (Å²) in [5, 5.41) is 9.74. The quantitative estimate of drug-likeness (QED) is 0.814. The van der Waals surface area contributed by atoms with Gasteiger partial charge in [0.25, 0.3) is 5.91 Å². The van der Waals surface area contributed by atoms with Crippen LogP contribution < -0.4 is 0 Å². The zero-order valence-corrected chi connectivity index (χ0v) is 12.4. The van der Waals surface area contributed by atoms with Crippen molar-refractivity contribution in [3.63, 3.8) is 0 Å². The van der Waals surface area contributed by atoms with Crippen LogP contribution in [0.15, 0.2) is 0 Å². The van der Waals surface area contributed by atoms with E-state index in [0.29, 0.717) is 22.5 Å². The first-order chi connectivity index (χ1) is 8.54. The Morgan fingerprint density at radius 1 is 1.32 bits per heavy atom. The van der Waals surface area contributed by atoms with Gasteiger partial charge in [0.1, 0.15) is 5.69 Å². The van der Waals surface area contributed by atoms with Gasteiger partial charge in [0.15, 0.2) is 5.78 Å². The molecule has 0 aliphatic rings. The highest BCUT2D eigenvalue weighted by molar-refractivity contribution is 6.02. The number of nitrogens with zero attached hydrogens (tertiary/aromatic N) is 1. The third-order valence-electron chi connectivity index (χ3n) is 2.97. The molecule has 0 spiro atoms. The van der Waals surface area contributed by atoms with E-state index in [1.807, 2.05) is 0 Å². The van der Waals surface area contributed by atoms with Gasteiger partial charge in [0, 0.05) is 24.8 Å². The Balaban J connectivity index is 3.08. The van der Waals surface area contributed by atoms with Crippen LogP contribution in [-0.2, 0) is 0 Å². The predicted octanol–water partition coefficient (Wildman–Crippen LogP) is 1.68. The topological polar surface area (TPSA) is 73.4 Å². The molecule has 106 valence electrons. The third-order valence-corrected chi connectivity index (χ3v) is 2.97. The highest BCUT2D eigenvalue weighted by Gasteiger charge is 2.25. The molecule has 0 aliphatic heterocycles. The van der Waals surface area contributed by atoms with Gasteiger partial charge in [0.2, 0.25) is 0 Å². The number of aryl methyl sites for hydroxylation is 1. The molecule has 1 aromatic rings. The van der Waals surface area contributed by atoms with E-state index in [2.05, 4.69) is 4.98 Å². The van der Waals surface area contributed by atoms with Gasteiger partial charge in [-0.3, -0.25) is 9.59 Å². The molecule has 0 bridgehead atoms. The number of ketones is 1. The van der Waals surface area contributed by atoms with Crippen LogP contribution in [0.2, 0.25) is 0 Å². The summed E-state index contributed by atoms with van der Waals surface area (Å²) in [6, 6.07) is 0. The Bertz CT molecular complexity index is 509. The number of hydrogen-bond acceptors (Lipinski definition) is 3. The predicted molar refractivity (Wildman–Crippen MR) is 73.5 cm³/mol. The van der Waals surface area contributed by atoms with Crippen molar-refractivity contribution in [2.24, 2.45) is 0 Å². The fourth-order valence-corrected chi connectivity index (χ4v) is 2.34. The van der Waals surface area contributed by atoms with Crippen LogP contribution >= 0.6 is 0 Å². The number of nitrogens with one attached hydrogen (secondary N) is 1. The van der Waals surface area contributed by atoms with Crippen LogP contribution in [0.4, 0.5) is 0 Å². The standard InChI is InChI=1S/C14H22N2O3/c1-8-11(10(3)17)9(2)15-12(8)13(18)16(6)7-14(4,5)19/h15,19H,7H2,1-6H3. The van der Waals surface area contributed by atoms with Gasteiger partial charge < -0.3 is 15.0 Å². The molecule has 0 radical (unpaired) electrons. The van der Waals surface area contributed by atoms with Crippen molar-refractivity contribution < 1.29 is 14.7 Å². The summed E-state index contributed by atoms with van der Waals surface area (Å²) in [5.74, 6) is -0.286. The van der Waals surface area contributed by atoms with Crippen molar-refractivity contribution in [2.45, 2.75) is 40.2 Å². The molecule has 0 saturated heterocycles. The van der Waals surface area contributed by atoms with E-state index in [9.17, 15) is 14.7 Å². The number of carbonyl (C=O) groups is 2. The van der Waals surface area contributed by atoms with Gasteiger partial charge in [-0.15, -0.1) is 0 Å². The average Bonchev–Trinajstić information content (AvgIpc) is 2.50. The molecule has 5 nitrogen and oxygen atoms in total. The van der Waals surface area contributed by atoms with E-state index in [4.69, 9.17) is 0 Å². The Kier molecular flexibility index (Phi) is 4.20. The molecular weight excluding hydrogens is 244 g/mol. The first kappa shape index (κ1) is 15.4. The molecule has 5 heteroatoms. The second-order valence-corrected chi connectivity index (χ2v) is 5.65. The Morgan fingerprint density at radius 2 is 1.84 bits per heavy atom. The summed E-state index contributed by atoms with van der Waals surface area (Å²) >= 11 is 0. The van der Waals surface area contributed by atoms with Crippen LogP contribution in [0.25, 0.3) is 0 Å². The second kappa shape index (κ2) is 5.17. The summed E-state index contributed by atoms with van der Waals surface area (Å²) in [6.45, 7) is 8.52. The van der Waals surface area contributed by atoms with Crippen molar-refractivity contribution in [3.8, 4) is 0 Å². The van der Waals surface area contributed by atoms with Crippen LogP contribution in [0, 0.1) is 13.8 Å². The number of hydrogen-bond donors (Lipinski definition) is 2. The number of carbonyl (C=O) groups excluding carboxylic acids is 2. The number of Topliss-reactive ketones (excluding diaryl/α,β-unsaturated/α-hetero) is 1. The minimum Gasteiger partial charge on any atom is -0.389 e. The Morgan fingerprint density at radius 3 is 2.21 bits per heavy atom. The highest BCUT2D eigenvalue weighted by Crippen LogP contribution is 2.20. The Labute approximate surface area is 113 Å². The lowest BCUT2D eigenvalue weighted by atomic mass is 10.1. The summed E-state index contributed by atoms with van der Waals surface area (Å²) in [5.41, 5.74) is 1.39. The highest BCUT2D eigenvalue weighted by atomic mass is 16.3. The maximum Gasteiger partial charge on any atom is 0.270 e. The van der Waals surface area contributed by atoms with E-state index in [1.54, 1.807) is 34.7 Å². The first-order valence-corrected chi connectivity index (χ1v) is 6.22. The molecule has 1 aromatic heterocycles. The van der Waals surface area contributed by atoms with Crippen LogP contribution in [0.5, 0.6) is 0 Å². The van der Waals surface area contributed by atoms with Gasteiger partial charge in [-0.1, -0.05) is 0 Å². The summed E-state index contributed by atoms with van der Waals surface area (Å²) < 4.78 is 0. The summed E-state index contributed by atoms with van der Waals surface area (Å²) in [6.07, 6.45) is 0. The molecule has 0 unspecified atom stereocenters. The largest absolute Gasteiger partial charge is 0.389 e. The van der Waals surface area contributed by atoms with Crippen molar-refractivity contribution in [2.75, 3.05) is 13.6 Å². The normalized spacial score (nSPS) is 11.5. The Hall–Kier alpha value is -1.62. The summed E-state index contributed by atoms with van der Waals surface area (Å²) in [7, 11) is 1.63. The lowest BCUT2D eigenvalue weighted by Gasteiger charge is -2.25. The molecule has 1 amide bonds. The molecule has 0 atom stereocenters. The van der Waals surface area contributed by atoms with Gasteiger partial charge >= 0.3 is 0 Å². The number of H-pyrrole nitrogens is 1. The number of aromatic nitrogens is 1.